The Morgan fingerprint density at radius 1 is 1.14 bits per heavy atom. The van der Waals surface area contributed by atoms with Crippen molar-refractivity contribution < 1.29 is 9.53 Å². The van der Waals surface area contributed by atoms with Gasteiger partial charge in [0.1, 0.15) is 11.1 Å². The monoisotopic (exact) mass is 375 g/mol. The quantitative estimate of drug-likeness (QED) is 0.557. The second kappa shape index (κ2) is 7.36. The third kappa shape index (κ3) is 3.48. The summed E-state index contributed by atoms with van der Waals surface area (Å²) in [5.74, 6) is 0.637. The molecular formula is C20H17N5O3. The van der Waals surface area contributed by atoms with Crippen LogP contribution in [0.5, 0.6) is 5.75 Å². The first-order valence-corrected chi connectivity index (χ1v) is 8.59. The topological polar surface area (TPSA) is 102 Å². The Labute approximate surface area is 159 Å². The average molecular weight is 375 g/mol. The van der Waals surface area contributed by atoms with Gasteiger partial charge in [-0.15, -0.1) is 0 Å². The number of carbonyl (C=O) groups excluding carboxylic acids is 1. The van der Waals surface area contributed by atoms with Crippen molar-refractivity contribution in [1.29, 1.82) is 0 Å². The summed E-state index contributed by atoms with van der Waals surface area (Å²) in [5, 5.41) is 7.51. The molecule has 0 unspecified atom stereocenters. The Morgan fingerprint density at radius 3 is 2.61 bits per heavy atom. The Hall–Kier alpha value is -3.94. The van der Waals surface area contributed by atoms with Crippen molar-refractivity contribution in [1.82, 2.24) is 19.7 Å². The average Bonchev–Trinajstić information content (AvgIpc) is 3.15. The molecule has 2 aromatic heterocycles. The number of rotatable bonds is 5. The first kappa shape index (κ1) is 17.5. The van der Waals surface area contributed by atoms with Gasteiger partial charge in [-0.1, -0.05) is 12.1 Å². The maximum absolute atomic E-state index is 12.3. The molecule has 4 aromatic rings. The van der Waals surface area contributed by atoms with E-state index in [0.29, 0.717) is 16.7 Å². The smallest absolute Gasteiger partial charge is 0.261 e. The van der Waals surface area contributed by atoms with E-state index >= 15 is 0 Å². The lowest BCUT2D eigenvalue weighted by atomic mass is 10.1. The van der Waals surface area contributed by atoms with E-state index < -0.39 is 0 Å². The molecular weight excluding hydrogens is 358 g/mol. The standard InChI is InChI=1S/C20H17N5O3/c1-28-16-8-2-13(3-9-16)10-18(26)24-14-4-6-15(7-5-14)25-19-17(11-23-25)20(27)22-12-21-19/h2-9,11-12H,10H2,1H3,(H,24,26)(H,21,22,27). The molecule has 0 aliphatic rings. The van der Waals surface area contributed by atoms with Gasteiger partial charge < -0.3 is 15.0 Å². The van der Waals surface area contributed by atoms with Crippen LogP contribution in [0.4, 0.5) is 5.69 Å². The van der Waals surface area contributed by atoms with Crippen molar-refractivity contribution in [2.75, 3.05) is 12.4 Å². The lowest BCUT2D eigenvalue weighted by Crippen LogP contribution is -2.14. The largest absolute Gasteiger partial charge is 0.497 e. The minimum absolute atomic E-state index is 0.115. The molecule has 28 heavy (non-hydrogen) atoms. The summed E-state index contributed by atoms with van der Waals surface area (Å²) in [4.78, 5) is 30.7. The van der Waals surface area contributed by atoms with Crippen molar-refractivity contribution in [2.24, 2.45) is 0 Å². The molecule has 0 aliphatic carbocycles. The van der Waals surface area contributed by atoms with Gasteiger partial charge in [0.05, 0.1) is 31.7 Å². The molecule has 1 amide bonds. The minimum Gasteiger partial charge on any atom is -0.497 e. The first-order chi connectivity index (χ1) is 13.6. The highest BCUT2D eigenvalue weighted by atomic mass is 16.5. The number of aromatic amines is 1. The SMILES string of the molecule is COc1ccc(CC(=O)Nc2ccc(-n3ncc4c(=O)[nH]cnc43)cc2)cc1. The fraction of sp³-hybridized carbons (Fsp3) is 0.100. The number of aromatic nitrogens is 4. The highest BCUT2D eigenvalue weighted by molar-refractivity contribution is 5.92. The number of carbonyl (C=O) groups is 1. The fourth-order valence-electron chi connectivity index (χ4n) is 2.87. The summed E-state index contributed by atoms with van der Waals surface area (Å²) in [6.07, 6.45) is 3.09. The van der Waals surface area contributed by atoms with Gasteiger partial charge in [-0.2, -0.15) is 5.10 Å². The van der Waals surface area contributed by atoms with E-state index in [9.17, 15) is 9.59 Å². The molecule has 2 N–H and O–H groups in total. The summed E-state index contributed by atoms with van der Waals surface area (Å²) < 4.78 is 6.69. The van der Waals surface area contributed by atoms with Gasteiger partial charge in [-0.3, -0.25) is 9.59 Å². The molecule has 8 heteroatoms. The third-order valence-electron chi connectivity index (χ3n) is 4.29. The zero-order valence-corrected chi connectivity index (χ0v) is 15.0. The number of anilines is 1. The van der Waals surface area contributed by atoms with Gasteiger partial charge in [0.2, 0.25) is 5.91 Å². The molecule has 4 rings (SSSR count). The Bertz CT molecular complexity index is 1180. The zero-order valence-electron chi connectivity index (χ0n) is 15.0. The van der Waals surface area contributed by atoms with Crippen LogP contribution in [0.2, 0.25) is 0 Å². The second-order valence-electron chi connectivity index (χ2n) is 6.15. The second-order valence-corrected chi connectivity index (χ2v) is 6.15. The first-order valence-electron chi connectivity index (χ1n) is 8.59. The molecule has 0 spiro atoms. The Balaban J connectivity index is 1.47. The van der Waals surface area contributed by atoms with E-state index in [4.69, 9.17) is 4.74 Å². The highest BCUT2D eigenvalue weighted by Crippen LogP contribution is 2.17. The van der Waals surface area contributed by atoms with Gasteiger partial charge in [0.25, 0.3) is 5.56 Å². The van der Waals surface area contributed by atoms with Crippen LogP contribution in [-0.2, 0) is 11.2 Å². The predicted octanol–water partition coefficient (Wildman–Crippen LogP) is 2.30. The molecule has 0 fully saturated rings. The van der Waals surface area contributed by atoms with E-state index in [1.807, 2.05) is 24.3 Å². The molecule has 0 saturated carbocycles. The molecule has 8 nitrogen and oxygen atoms in total. The van der Waals surface area contributed by atoms with Crippen LogP contribution in [0.25, 0.3) is 16.7 Å². The summed E-state index contributed by atoms with van der Waals surface area (Å²) in [6.45, 7) is 0. The number of H-pyrrole nitrogens is 1. The Kier molecular flexibility index (Phi) is 4.59. The van der Waals surface area contributed by atoms with Gasteiger partial charge in [0, 0.05) is 5.69 Å². The van der Waals surface area contributed by atoms with Crippen LogP contribution in [0.1, 0.15) is 5.56 Å². The summed E-state index contributed by atoms with van der Waals surface area (Å²) in [6, 6.07) is 14.5. The Morgan fingerprint density at radius 2 is 1.89 bits per heavy atom. The molecule has 140 valence electrons. The van der Waals surface area contributed by atoms with E-state index in [1.165, 1.54) is 12.5 Å². The van der Waals surface area contributed by atoms with Gasteiger partial charge in [-0.05, 0) is 42.0 Å². The molecule has 0 aliphatic heterocycles. The number of fused-ring (bicyclic) bond motifs is 1. The molecule has 2 heterocycles. The lowest BCUT2D eigenvalue weighted by molar-refractivity contribution is -0.115. The summed E-state index contributed by atoms with van der Waals surface area (Å²) >= 11 is 0. The molecule has 0 bridgehead atoms. The number of nitrogens with zero attached hydrogens (tertiary/aromatic N) is 3. The molecule has 0 saturated heterocycles. The normalized spacial score (nSPS) is 10.8. The van der Waals surface area contributed by atoms with Crippen molar-refractivity contribution >= 4 is 22.6 Å². The number of ether oxygens (including phenoxy) is 1. The number of methoxy groups -OCH3 is 1. The fourth-order valence-corrected chi connectivity index (χ4v) is 2.87. The summed E-state index contributed by atoms with van der Waals surface area (Å²) in [5.41, 5.74) is 2.54. The third-order valence-corrected chi connectivity index (χ3v) is 4.29. The summed E-state index contributed by atoms with van der Waals surface area (Å²) in [7, 11) is 1.60. The number of nitrogens with one attached hydrogen (secondary N) is 2. The number of hydrogen-bond acceptors (Lipinski definition) is 5. The number of amides is 1. The highest BCUT2D eigenvalue weighted by Gasteiger charge is 2.09. The van der Waals surface area contributed by atoms with Gasteiger partial charge >= 0.3 is 0 Å². The van der Waals surface area contributed by atoms with E-state index in [-0.39, 0.29) is 17.9 Å². The zero-order chi connectivity index (χ0) is 19.5. The van der Waals surface area contributed by atoms with Crippen LogP contribution < -0.4 is 15.6 Å². The van der Waals surface area contributed by atoms with E-state index in [0.717, 1.165) is 17.0 Å². The van der Waals surface area contributed by atoms with Gasteiger partial charge in [0.15, 0.2) is 5.65 Å². The van der Waals surface area contributed by atoms with E-state index in [2.05, 4.69) is 20.4 Å². The van der Waals surface area contributed by atoms with Crippen LogP contribution in [0.3, 0.4) is 0 Å². The van der Waals surface area contributed by atoms with E-state index in [1.54, 1.807) is 36.1 Å². The van der Waals surface area contributed by atoms with Crippen LogP contribution in [0, 0.1) is 0 Å². The number of hydrogen-bond donors (Lipinski definition) is 2. The minimum atomic E-state index is -0.237. The van der Waals surface area contributed by atoms with Crippen molar-refractivity contribution in [2.45, 2.75) is 6.42 Å². The van der Waals surface area contributed by atoms with Crippen LogP contribution >= 0.6 is 0 Å². The number of benzene rings is 2. The van der Waals surface area contributed by atoms with Crippen molar-refractivity contribution in [3.05, 3.63) is 77.0 Å². The lowest BCUT2D eigenvalue weighted by Gasteiger charge is -2.08. The maximum Gasteiger partial charge on any atom is 0.261 e. The van der Waals surface area contributed by atoms with Crippen LogP contribution in [0.15, 0.2) is 65.8 Å². The van der Waals surface area contributed by atoms with Crippen molar-refractivity contribution in [3.8, 4) is 11.4 Å². The van der Waals surface area contributed by atoms with Crippen molar-refractivity contribution in [3.63, 3.8) is 0 Å². The molecule has 0 radical (unpaired) electrons. The maximum atomic E-state index is 12.3. The van der Waals surface area contributed by atoms with Crippen LogP contribution in [-0.4, -0.2) is 32.8 Å². The molecule has 0 atom stereocenters. The van der Waals surface area contributed by atoms with Gasteiger partial charge in [-0.25, -0.2) is 9.67 Å². The molecule has 2 aromatic carbocycles. The predicted molar refractivity (Wildman–Crippen MR) is 105 cm³/mol.